The van der Waals surface area contributed by atoms with Gasteiger partial charge in [0.05, 0.1) is 0 Å². The normalized spacial score (nSPS) is 12.1. The van der Waals surface area contributed by atoms with Crippen molar-refractivity contribution < 1.29 is 14.2 Å². The Hall–Kier alpha value is -0.900. The molecule has 3 nitrogen and oxygen atoms in total. The van der Waals surface area contributed by atoms with Gasteiger partial charge in [0.15, 0.2) is 0 Å². The Kier molecular flexibility index (Phi) is 4.47. The minimum atomic E-state index is -1.10. The van der Waals surface area contributed by atoms with Crippen molar-refractivity contribution in [2.75, 3.05) is 21.3 Å². The van der Waals surface area contributed by atoms with Crippen molar-refractivity contribution in [3.05, 3.63) is 35.4 Å². The second-order valence-corrected chi connectivity index (χ2v) is 3.95. The first kappa shape index (κ1) is 13.2. The van der Waals surface area contributed by atoms with Crippen LogP contribution in [0.1, 0.15) is 30.9 Å². The van der Waals surface area contributed by atoms with Gasteiger partial charge in [-0.25, -0.2) is 0 Å². The van der Waals surface area contributed by atoms with Crippen LogP contribution < -0.4 is 0 Å². The highest BCUT2D eigenvalue weighted by Gasteiger charge is 2.32. The summed E-state index contributed by atoms with van der Waals surface area (Å²) in [4.78, 5) is 0. The van der Waals surface area contributed by atoms with Crippen molar-refractivity contribution in [3.63, 3.8) is 0 Å². The van der Waals surface area contributed by atoms with Gasteiger partial charge in [-0.2, -0.15) is 0 Å². The van der Waals surface area contributed by atoms with Gasteiger partial charge in [0.2, 0.25) is 0 Å². The Labute approximate surface area is 97.3 Å². The molecule has 0 unspecified atom stereocenters. The van der Waals surface area contributed by atoms with Crippen LogP contribution in [0.3, 0.4) is 0 Å². The zero-order chi connectivity index (χ0) is 12.2. The lowest BCUT2D eigenvalue weighted by atomic mass is 10.0. The molecule has 1 aromatic rings. The molecule has 0 atom stereocenters. The van der Waals surface area contributed by atoms with Gasteiger partial charge in [0, 0.05) is 26.9 Å². The molecular weight excluding hydrogens is 204 g/mol. The molecule has 0 saturated carbocycles. The van der Waals surface area contributed by atoms with Gasteiger partial charge in [-0.05, 0) is 11.5 Å². The van der Waals surface area contributed by atoms with Crippen LogP contribution in [0.2, 0.25) is 0 Å². The van der Waals surface area contributed by atoms with Gasteiger partial charge in [-0.1, -0.05) is 38.1 Å². The molecule has 0 amide bonds. The fourth-order valence-corrected chi connectivity index (χ4v) is 1.68. The fourth-order valence-electron chi connectivity index (χ4n) is 1.68. The largest absolute Gasteiger partial charge is 0.327 e. The Morgan fingerprint density at radius 3 is 1.62 bits per heavy atom. The molecule has 0 saturated heterocycles. The van der Waals surface area contributed by atoms with Crippen LogP contribution in [-0.2, 0) is 20.2 Å². The summed E-state index contributed by atoms with van der Waals surface area (Å²) in [5.74, 6) is -0.591. The zero-order valence-electron chi connectivity index (χ0n) is 10.6. The zero-order valence-corrected chi connectivity index (χ0v) is 10.6. The van der Waals surface area contributed by atoms with Crippen LogP contribution in [0, 0.1) is 0 Å². The summed E-state index contributed by atoms with van der Waals surface area (Å²) in [5, 5.41) is 0. The van der Waals surface area contributed by atoms with Crippen LogP contribution in [0.25, 0.3) is 0 Å². The highest BCUT2D eigenvalue weighted by molar-refractivity contribution is 5.26. The first-order valence-corrected chi connectivity index (χ1v) is 5.35. The van der Waals surface area contributed by atoms with Gasteiger partial charge in [-0.15, -0.1) is 0 Å². The lowest BCUT2D eigenvalue weighted by Gasteiger charge is -2.29. The maximum atomic E-state index is 5.28. The predicted molar refractivity (Wildman–Crippen MR) is 63.2 cm³/mol. The molecule has 0 N–H and O–H groups in total. The number of hydrogen-bond donors (Lipinski definition) is 0. The van der Waals surface area contributed by atoms with Crippen molar-refractivity contribution in [2.24, 2.45) is 0 Å². The number of hydrogen-bond acceptors (Lipinski definition) is 3. The molecular formula is C13H20O3. The highest BCUT2D eigenvalue weighted by atomic mass is 16.9. The van der Waals surface area contributed by atoms with E-state index in [4.69, 9.17) is 14.2 Å². The van der Waals surface area contributed by atoms with Crippen LogP contribution in [0.4, 0.5) is 0 Å². The third-order valence-corrected chi connectivity index (χ3v) is 2.74. The fraction of sp³-hybridized carbons (Fsp3) is 0.538. The molecule has 1 aromatic carbocycles. The SMILES string of the molecule is COC(OC)(OC)c1ccc(C(C)C)cc1. The van der Waals surface area contributed by atoms with Gasteiger partial charge in [0.1, 0.15) is 0 Å². The predicted octanol–water partition coefficient (Wildman–Crippen LogP) is 2.86. The molecule has 3 heteroatoms. The van der Waals surface area contributed by atoms with E-state index in [1.54, 1.807) is 21.3 Å². The first-order valence-electron chi connectivity index (χ1n) is 5.35. The topological polar surface area (TPSA) is 27.7 Å². The maximum Gasteiger partial charge on any atom is 0.311 e. The van der Waals surface area contributed by atoms with Crippen LogP contribution in [0.5, 0.6) is 0 Å². The average Bonchev–Trinajstić information content (AvgIpc) is 2.33. The summed E-state index contributed by atoms with van der Waals surface area (Å²) in [6.07, 6.45) is 0. The minimum absolute atomic E-state index is 0.510. The van der Waals surface area contributed by atoms with Gasteiger partial charge >= 0.3 is 5.97 Å². The summed E-state index contributed by atoms with van der Waals surface area (Å²) in [6.45, 7) is 4.32. The van der Waals surface area contributed by atoms with Crippen molar-refractivity contribution in [3.8, 4) is 0 Å². The maximum absolute atomic E-state index is 5.28. The van der Waals surface area contributed by atoms with Gasteiger partial charge in [-0.3, -0.25) is 0 Å². The van der Waals surface area contributed by atoms with Gasteiger partial charge < -0.3 is 14.2 Å². The summed E-state index contributed by atoms with van der Waals surface area (Å²) < 4.78 is 15.8. The lowest BCUT2D eigenvalue weighted by Crippen LogP contribution is -2.32. The molecule has 90 valence electrons. The van der Waals surface area contributed by atoms with Crippen LogP contribution in [-0.4, -0.2) is 21.3 Å². The molecule has 1 rings (SSSR count). The Morgan fingerprint density at radius 2 is 1.31 bits per heavy atom. The second kappa shape index (κ2) is 5.43. The third-order valence-electron chi connectivity index (χ3n) is 2.74. The smallest absolute Gasteiger partial charge is 0.311 e. The van der Waals surface area contributed by atoms with Gasteiger partial charge in [0.25, 0.3) is 0 Å². The van der Waals surface area contributed by atoms with E-state index in [0.717, 1.165) is 5.56 Å². The molecule has 0 radical (unpaired) electrons. The molecule has 0 bridgehead atoms. The van der Waals surface area contributed by atoms with Crippen molar-refractivity contribution in [2.45, 2.75) is 25.7 Å². The quantitative estimate of drug-likeness (QED) is 0.720. The van der Waals surface area contributed by atoms with E-state index in [1.165, 1.54) is 5.56 Å². The minimum Gasteiger partial charge on any atom is -0.327 e. The monoisotopic (exact) mass is 224 g/mol. The number of benzene rings is 1. The molecule has 0 aliphatic heterocycles. The number of methoxy groups -OCH3 is 3. The molecule has 0 spiro atoms. The Morgan fingerprint density at radius 1 is 0.875 bits per heavy atom. The summed E-state index contributed by atoms with van der Waals surface area (Å²) in [5.41, 5.74) is 2.13. The molecule has 0 aliphatic rings. The van der Waals surface area contributed by atoms with Crippen LogP contribution >= 0.6 is 0 Å². The standard InChI is InChI=1S/C13H20O3/c1-10(2)11-6-8-12(9-7-11)13(14-3,15-4)16-5/h6-10H,1-5H3. The van der Waals surface area contributed by atoms with E-state index in [1.807, 2.05) is 12.1 Å². The highest BCUT2D eigenvalue weighted by Crippen LogP contribution is 2.28. The molecule has 0 aromatic heterocycles. The van der Waals surface area contributed by atoms with E-state index in [9.17, 15) is 0 Å². The number of rotatable bonds is 5. The molecule has 0 heterocycles. The summed E-state index contributed by atoms with van der Waals surface area (Å²) >= 11 is 0. The summed E-state index contributed by atoms with van der Waals surface area (Å²) in [7, 11) is 4.68. The molecule has 16 heavy (non-hydrogen) atoms. The van der Waals surface area contributed by atoms with E-state index in [2.05, 4.69) is 26.0 Å². The molecule has 0 fully saturated rings. The third kappa shape index (κ3) is 2.43. The van der Waals surface area contributed by atoms with Crippen molar-refractivity contribution in [1.29, 1.82) is 0 Å². The van der Waals surface area contributed by atoms with E-state index in [-0.39, 0.29) is 0 Å². The van der Waals surface area contributed by atoms with Crippen molar-refractivity contribution >= 4 is 0 Å². The Bertz CT molecular complexity index is 304. The Balaban J connectivity index is 3.03. The second-order valence-electron chi connectivity index (χ2n) is 3.95. The van der Waals surface area contributed by atoms with E-state index < -0.39 is 5.97 Å². The molecule has 0 aliphatic carbocycles. The van der Waals surface area contributed by atoms with E-state index in [0.29, 0.717) is 5.92 Å². The van der Waals surface area contributed by atoms with E-state index >= 15 is 0 Å². The summed E-state index contributed by atoms with van der Waals surface area (Å²) in [6, 6.07) is 8.05. The lowest BCUT2D eigenvalue weighted by molar-refractivity contribution is -0.364. The number of ether oxygens (including phenoxy) is 3. The van der Waals surface area contributed by atoms with Crippen LogP contribution in [0.15, 0.2) is 24.3 Å². The van der Waals surface area contributed by atoms with Crippen molar-refractivity contribution in [1.82, 2.24) is 0 Å². The average molecular weight is 224 g/mol. The first-order chi connectivity index (χ1) is 7.59.